The summed E-state index contributed by atoms with van der Waals surface area (Å²) in [5, 5.41) is 17.1. The summed E-state index contributed by atoms with van der Waals surface area (Å²) in [7, 11) is 0. The normalized spacial score (nSPS) is 9.68. The Kier molecular flexibility index (Phi) is 5.40. The molecule has 0 aliphatic carbocycles. The van der Waals surface area contributed by atoms with E-state index in [4.69, 9.17) is 19.7 Å². The van der Waals surface area contributed by atoms with Crippen LogP contribution < -0.4 is 9.47 Å². The molecule has 6 nitrogen and oxygen atoms in total. The van der Waals surface area contributed by atoms with Crippen molar-refractivity contribution in [3.8, 4) is 11.5 Å². The zero-order valence-corrected chi connectivity index (χ0v) is 10.2. The van der Waals surface area contributed by atoms with Crippen LogP contribution in [0, 0.1) is 0 Å². The standard InChI is InChI=1S/C13H14O6/c1-2-3-9-4-5-10(18-7-12(14)15)11(6-9)19-8-13(16)17/h2,4-6H,1,3,7-8H2,(H,14,15)(H,16,17). The van der Waals surface area contributed by atoms with Crippen LogP contribution in [0.15, 0.2) is 30.9 Å². The van der Waals surface area contributed by atoms with Gasteiger partial charge in [0, 0.05) is 0 Å². The Hall–Kier alpha value is -2.50. The Bertz CT molecular complexity index is 480. The second-order valence-corrected chi connectivity index (χ2v) is 3.64. The van der Waals surface area contributed by atoms with Gasteiger partial charge in [0.1, 0.15) is 0 Å². The number of carboxylic acids is 2. The molecule has 0 bridgehead atoms. The van der Waals surface area contributed by atoms with E-state index in [-0.39, 0.29) is 11.5 Å². The molecule has 1 aromatic carbocycles. The van der Waals surface area contributed by atoms with Gasteiger partial charge in [0.25, 0.3) is 0 Å². The number of hydrogen-bond acceptors (Lipinski definition) is 4. The Morgan fingerprint density at radius 1 is 1.11 bits per heavy atom. The van der Waals surface area contributed by atoms with Crippen molar-refractivity contribution in [2.24, 2.45) is 0 Å². The lowest BCUT2D eigenvalue weighted by Gasteiger charge is -2.11. The number of aliphatic carboxylic acids is 2. The number of rotatable bonds is 8. The Labute approximate surface area is 109 Å². The molecule has 0 heterocycles. The lowest BCUT2D eigenvalue weighted by molar-refractivity contribution is -0.140. The number of allylic oxidation sites excluding steroid dienone is 1. The number of ether oxygens (including phenoxy) is 2. The molecule has 6 heteroatoms. The first kappa shape index (κ1) is 14.6. The Morgan fingerprint density at radius 2 is 1.68 bits per heavy atom. The minimum Gasteiger partial charge on any atom is -0.479 e. The van der Waals surface area contributed by atoms with Crippen LogP contribution in [0.5, 0.6) is 11.5 Å². The molecule has 0 unspecified atom stereocenters. The van der Waals surface area contributed by atoms with Crippen LogP contribution in [-0.4, -0.2) is 35.4 Å². The molecule has 0 aromatic heterocycles. The molecule has 0 spiro atoms. The molecule has 1 aromatic rings. The lowest BCUT2D eigenvalue weighted by Crippen LogP contribution is -2.13. The zero-order valence-electron chi connectivity index (χ0n) is 10.2. The fraction of sp³-hybridized carbons (Fsp3) is 0.231. The van der Waals surface area contributed by atoms with Gasteiger partial charge in [-0.25, -0.2) is 9.59 Å². The highest BCUT2D eigenvalue weighted by molar-refractivity contribution is 5.69. The molecule has 1 rings (SSSR count). The molecule has 0 amide bonds. The first-order chi connectivity index (χ1) is 9.02. The summed E-state index contributed by atoms with van der Waals surface area (Å²) >= 11 is 0. The number of carbonyl (C=O) groups is 2. The molecule has 2 N–H and O–H groups in total. The van der Waals surface area contributed by atoms with Gasteiger partial charge in [0.05, 0.1) is 0 Å². The van der Waals surface area contributed by atoms with Crippen LogP contribution in [0.25, 0.3) is 0 Å². The summed E-state index contributed by atoms with van der Waals surface area (Å²) in [4.78, 5) is 20.9. The average molecular weight is 266 g/mol. The van der Waals surface area contributed by atoms with Crippen molar-refractivity contribution < 1.29 is 29.3 Å². The maximum Gasteiger partial charge on any atom is 0.341 e. The lowest BCUT2D eigenvalue weighted by atomic mass is 10.1. The summed E-state index contributed by atoms with van der Waals surface area (Å²) in [6.45, 7) is 2.55. The number of hydrogen-bond donors (Lipinski definition) is 2. The monoisotopic (exact) mass is 266 g/mol. The van der Waals surface area contributed by atoms with Crippen LogP contribution in [0.1, 0.15) is 5.56 Å². The highest BCUT2D eigenvalue weighted by Crippen LogP contribution is 2.28. The maximum atomic E-state index is 10.5. The molecule has 19 heavy (non-hydrogen) atoms. The van der Waals surface area contributed by atoms with Crippen molar-refractivity contribution in [1.29, 1.82) is 0 Å². The molecular weight excluding hydrogens is 252 g/mol. The van der Waals surface area contributed by atoms with Crippen molar-refractivity contribution in [2.75, 3.05) is 13.2 Å². The van der Waals surface area contributed by atoms with Crippen molar-refractivity contribution in [3.05, 3.63) is 36.4 Å². The van der Waals surface area contributed by atoms with Gasteiger partial charge in [-0.1, -0.05) is 12.1 Å². The van der Waals surface area contributed by atoms with E-state index in [1.807, 2.05) is 0 Å². The molecule has 0 radical (unpaired) electrons. The summed E-state index contributed by atoms with van der Waals surface area (Å²) in [6, 6.07) is 4.87. The quantitative estimate of drug-likeness (QED) is 0.690. The minimum absolute atomic E-state index is 0.191. The van der Waals surface area contributed by atoms with Gasteiger partial charge in [0.15, 0.2) is 24.7 Å². The third-order valence-electron chi connectivity index (χ3n) is 2.09. The smallest absolute Gasteiger partial charge is 0.341 e. The van der Waals surface area contributed by atoms with E-state index in [1.165, 1.54) is 0 Å². The third-order valence-corrected chi connectivity index (χ3v) is 2.09. The largest absolute Gasteiger partial charge is 0.479 e. The summed E-state index contributed by atoms with van der Waals surface area (Å²) in [6.07, 6.45) is 2.27. The molecule has 0 saturated heterocycles. The Balaban J connectivity index is 2.89. The zero-order chi connectivity index (χ0) is 14.3. The minimum atomic E-state index is -1.13. The van der Waals surface area contributed by atoms with Gasteiger partial charge in [-0.3, -0.25) is 0 Å². The first-order valence-corrected chi connectivity index (χ1v) is 5.46. The Morgan fingerprint density at radius 3 is 2.21 bits per heavy atom. The van der Waals surface area contributed by atoms with E-state index in [9.17, 15) is 9.59 Å². The van der Waals surface area contributed by atoms with Gasteiger partial charge in [0.2, 0.25) is 0 Å². The van der Waals surface area contributed by atoms with E-state index in [0.29, 0.717) is 6.42 Å². The first-order valence-electron chi connectivity index (χ1n) is 5.46. The molecule has 0 atom stereocenters. The van der Waals surface area contributed by atoms with Gasteiger partial charge >= 0.3 is 11.9 Å². The van der Waals surface area contributed by atoms with E-state index in [1.54, 1.807) is 24.3 Å². The van der Waals surface area contributed by atoms with E-state index in [0.717, 1.165) is 5.56 Å². The molecule has 102 valence electrons. The predicted molar refractivity (Wildman–Crippen MR) is 66.6 cm³/mol. The fourth-order valence-corrected chi connectivity index (χ4v) is 1.36. The van der Waals surface area contributed by atoms with Gasteiger partial charge in [-0.2, -0.15) is 0 Å². The molecule has 0 saturated carbocycles. The number of benzene rings is 1. The number of carboxylic acid groups (broad SMARTS) is 2. The van der Waals surface area contributed by atoms with Crippen LogP contribution in [-0.2, 0) is 16.0 Å². The van der Waals surface area contributed by atoms with Gasteiger partial charge in [-0.05, 0) is 24.1 Å². The maximum absolute atomic E-state index is 10.5. The van der Waals surface area contributed by atoms with Crippen molar-refractivity contribution in [3.63, 3.8) is 0 Å². The van der Waals surface area contributed by atoms with Crippen molar-refractivity contribution in [1.82, 2.24) is 0 Å². The molecular formula is C13H14O6. The molecule has 0 aliphatic rings. The SMILES string of the molecule is C=CCc1ccc(OCC(=O)O)c(OCC(=O)O)c1. The second-order valence-electron chi connectivity index (χ2n) is 3.64. The van der Waals surface area contributed by atoms with Crippen molar-refractivity contribution in [2.45, 2.75) is 6.42 Å². The summed E-state index contributed by atoms with van der Waals surface area (Å²) < 4.78 is 10.1. The summed E-state index contributed by atoms with van der Waals surface area (Å²) in [5.41, 5.74) is 0.859. The second kappa shape index (κ2) is 7.05. The van der Waals surface area contributed by atoms with Crippen LogP contribution in [0.3, 0.4) is 0 Å². The van der Waals surface area contributed by atoms with Crippen LogP contribution in [0.4, 0.5) is 0 Å². The topological polar surface area (TPSA) is 93.1 Å². The average Bonchev–Trinajstić information content (AvgIpc) is 2.35. The highest BCUT2D eigenvalue weighted by Gasteiger charge is 2.10. The molecule has 0 aliphatic heterocycles. The van der Waals surface area contributed by atoms with Crippen LogP contribution >= 0.6 is 0 Å². The fourth-order valence-electron chi connectivity index (χ4n) is 1.36. The van der Waals surface area contributed by atoms with Crippen LogP contribution in [0.2, 0.25) is 0 Å². The summed E-state index contributed by atoms with van der Waals surface area (Å²) in [5.74, 6) is -1.86. The highest BCUT2D eigenvalue weighted by atomic mass is 16.5. The molecule has 0 fully saturated rings. The van der Waals surface area contributed by atoms with Crippen molar-refractivity contribution >= 4 is 11.9 Å². The van der Waals surface area contributed by atoms with Gasteiger partial charge < -0.3 is 19.7 Å². The van der Waals surface area contributed by atoms with Gasteiger partial charge in [-0.15, -0.1) is 6.58 Å². The van der Waals surface area contributed by atoms with E-state index >= 15 is 0 Å². The third kappa shape index (κ3) is 5.12. The van der Waals surface area contributed by atoms with E-state index in [2.05, 4.69) is 6.58 Å². The van der Waals surface area contributed by atoms with E-state index < -0.39 is 25.2 Å². The predicted octanol–water partition coefficient (Wildman–Crippen LogP) is 1.34.